The number of isocyanates is 2. The Morgan fingerprint density at radius 2 is 1.20 bits per heavy atom. The molecule has 0 aliphatic heterocycles. The topological polar surface area (TPSA) is 143 Å². The minimum atomic E-state index is -0.417. The minimum absolute atomic E-state index is 0.212. The third-order valence-corrected chi connectivity index (χ3v) is 2.56. The molecule has 0 spiro atoms. The second-order valence-electron chi connectivity index (χ2n) is 3.73. The third-order valence-electron chi connectivity index (χ3n) is 2.56. The molecule has 0 aliphatic rings. The molecule has 0 radical (unpaired) electrons. The number of phenolic OH excluding ortho intramolecular Hbond substituents is 3. The van der Waals surface area contributed by atoms with Gasteiger partial charge < -0.3 is 15.3 Å². The number of hydrogen-bond acceptors (Lipinski definition) is 7. The van der Waals surface area contributed by atoms with Crippen LogP contribution in [0.15, 0.2) is 0 Å². The molecule has 1 aromatic carbocycles. The normalized spacial score (nSPS) is 8.15. The van der Waals surface area contributed by atoms with Crippen molar-refractivity contribution >= 4 is 12.2 Å². The highest BCUT2D eigenvalue weighted by Crippen LogP contribution is 2.42. The Labute approximate surface area is 116 Å². The summed E-state index contributed by atoms with van der Waals surface area (Å²) in [4.78, 5) is 16.7. The fourth-order valence-electron chi connectivity index (χ4n) is 1.66. The zero-order valence-corrected chi connectivity index (χ0v) is 11.6. The summed E-state index contributed by atoms with van der Waals surface area (Å²) in [6.07, 6.45) is 3.23. The van der Waals surface area contributed by atoms with E-state index in [2.05, 4.69) is 0 Å². The standard InChI is InChI=1S/C11H16O3.2CHNO/c1-4-5-8-6(2)9(12)11(14)10(13)7(8)3;2*2-1-3/h12-14H,4-5H2,1-3H3;2*2H. The van der Waals surface area contributed by atoms with E-state index >= 15 is 0 Å². The van der Waals surface area contributed by atoms with Gasteiger partial charge in [0.05, 0.1) is 0 Å². The van der Waals surface area contributed by atoms with E-state index < -0.39 is 5.75 Å². The summed E-state index contributed by atoms with van der Waals surface area (Å²) in [6.45, 7) is 5.51. The van der Waals surface area contributed by atoms with Gasteiger partial charge >= 0.3 is 0 Å². The first-order valence-corrected chi connectivity index (χ1v) is 5.64. The van der Waals surface area contributed by atoms with Crippen LogP contribution in [-0.2, 0) is 16.0 Å². The molecule has 0 aromatic heterocycles. The van der Waals surface area contributed by atoms with Crippen molar-refractivity contribution in [2.24, 2.45) is 0 Å². The lowest BCUT2D eigenvalue weighted by Crippen LogP contribution is -1.95. The van der Waals surface area contributed by atoms with Crippen LogP contribution in [0.5, 0.6) is 17.2 Å². The van der Waals surface area contributed by atoms with E-state index in [1.54, 1.807) is 13.8 Å². The molecule has 110 valence electrons. The van der Waals surface area contributed by atoms with Crippen LogP contribution in [0, 0.1) is 24.7 Å². The maximum absolute atomic E-state index is 9.51. The average molecular weight is 282 g/mol. The maximum atomic E-state index is 9.51. The lowest BCUT2D eigenvalue weighted by Gasteiger charge is -2.14. The molecule has 0 saturated heterocycles. The molecule has 0 heterocycles. The van der Waals surface area contributed by atoms with Crippen LogP contribution in [0.3, 0.4) is 0 Å². The van der Waals surface area contributed by atoms with E-state index in [9.17, 15) is 15.3 Å². The van der Waals surface area contributed by atoms with Crippen LogP contribution < -0.4 is 0 Å². The molecule has 1 rings (SSSR count). The van der Waals surface area contributed by atoms with Gasteiger partial charge in [0.1, 0.15) is 0 Å². The predicted molar refractivity (Wildman–Crippen MR) is 71.7 cm³/mol. The number of hydrogen-bond donors (Lipinski definition) is 5. The van der Waals surface area contributed by atoms with Crippen molar-refractivity contribution in [3.05, 3.63) is 16.7 Å². The molecule has 0 bridgehead atoms. The minimum Gasteiger partial charge on any atom is -0.504 e. The molecule has 0 saturated carbocycles. The third kappa shape index (κ3) is 5.35. The van der Waals surface area contributed by atoms with Crippen molar-refractivity contribution in [3.63, 3.8) is 0 Å². The van der Waals surface area contributed by atoms with Crippen LogP contribution in [-0.4, -0.2) is 27.5 Å². The van der Waals surface area contributed by atoms with Gasteiger partial charge in [-0.15, -0.1) is 0 Å². The predicted octanol–water partition coefficient (Wildman–Crippen LogP) is 2.17. The van der Waals surface area contributed by atoms with E-state index in [1.165, 1.54) is 0 Å². The molecule has 7 heteroatoms. The van der Waals surface area contributed by atoms with E-state index in [-0.39, 0.29) is 11.5 Å². The van der Waals surface area contributed by atoms with Gasteiger partial charge in [-0.05, 0) is 37.0 Å². The summed E-state index contributed by atoms with van der Waals surface area (Å²) >= 11 is 0. The van der Waals surface area contributed by atoms with E-state index in [1.807, 2.05) is 6.92 Å². The van der Waals surface area contributed by atoms with Crippen LogP contribution in [0.2, 0.25) is 0 Å². The fourth-order valence-corrected chi connectivity index (χ4v) is 1.66. The van der Waals surface area contributed by atoms with Crippen molar-refractivity contribution in [1.82, 2.24) is 0 Å². The maximum Gasteiger partial charge on any atom is 0.231 e. The molecular weight excluding hydrogens is 264 g/mol. The average Bonchev–Trinajstić information content (AvgIpc) is 2.41. The molecule has 1 aromatic rings. The monoisotopic (exact) mass is 282 g/mol. The Bertz CT molecular complexity index is 473. The summed E-state index contributed by atoms with van der Waals surface area (Å²) < 4.78 is 0. The fraction of sp³-hybridized carbons (Fsp3) is 0.385. The molecule has 7 nitrogen and oxygen atoms in total. The number of nitrogens with one attached hydrogen (secondary N) is 2. The van der Waals surface area contributed by atoms with Crippen molar-refractivity contribution in [3.8, 4) is 17.2 Å². The Morgan fingerprint density at radius 3 is 1.45 bits per heavy atom. The summed E-state index contributed by atoms with van der Waals surface area (Å²) in [5, 5.41) is 39.2. The Kier molecular flexibility index (Phi) is 10.2. The lowest BCUT2D eigenvalue weighted by atomic mass is 9.96. The summed E-state index contributed by atoms with van der Waals surface area (Å²) in [5.41, 5.74) is 2.22. The Balaban J connectivity index is 0. The highest BCUT2D eigenvalue weighted by atomic mass is 16.3. The van der Waals surface area contributed by atoms with E-state index in [4.69, 9.17) is 20.4 Å². The SMILES string of the molecule is CCCc1c(C)c(O)c(O)c(O)c1C.N=C=O.N=C=O. The summed E-state index contributed by atoms with van der Waals surface area (Å²) in [7, 11) is 0. The largest absolute Gasteiger partial charge is 0.504 e. The van der Waals surface area contributed by atoms with E-state index in [0.29, 0.717) is 11.1 Å². The Hall–Kier alpha value is -2.62. The van der Waals surface area contributed by atoms with Crippen molar-refractivity contribution in [2.45, 2.75) is 33.6 Å². The second kappa shape index (κ2) is 10.3. The molecule has 5 N–H and O–H groups in total. The molecule has 20 heavy (non-hydrogen) atoms. The molecule has 0 atom stereocenters. The zero-order chi connectivity index (χ0) is 16.3. The van der Waals surface area contributed by atoms with Gasteiger partial charge in [-0.25, -0.2) is 20.4 Å². The first-order valence-electron chi connectivity index (χ1n) is 5.64. The van der Waals surface area contributed by atoms with Gasteiger partial charge in [-0.2, -0.15) is 0 Å². The van der Waals surface area contributed by atoms with Gasteiger partial charge in [-0.3, -0.25) is 0 Å². The molecule has 0 unspecified atom stereocenters. The van der Waals surface area contributed by atoms with Gasteiger partial charge in [-0.1, -0.05) is 13.3 Å². The molecular formula is C13H18N2O5. The number of rotatable bonds is 2. The number of phenols is 3. The highest BCUT2D eigenvalue weighted by molar-refractivity contribution is 5.60. The smallest absolute Gasteiger partial charge is 0.231 e. The van der Waals surface area contributed by atoms with Gasteiger partial charge in [0, 0.05) is 0 Å². The van der Waals surface area contributed by atoms with Crippen molar-refractivity contribution in [2.75, 3.05) is 0 Å². The quantitative estimate of drug-likeness (QED) is 0.321. The molecule has 0 amide bonds. The summed E-state index contributed by atoms with van der Waals surface area (Å²) in [5.74, 6) is -0.840. The van der Waals surface area contributed by atoms with Crippen LogP contribution in [0.25, 0.3) is 0 Å². The number of aromatic hydroxyl groups is 3. The van der Waals surface area contributed by atoms with Gasteiger partial charge in [0.15, 0.2) is 11.5 Å². The van der Waals surface area contributed by atoms with Gasteiger partial charge in [0.25, 0.3) is 0 Å². The second-order valence-corrected chi connectivity index (χ2v) is 3.73. The van der Waals surface area contributed by atoms with Crippen molar-refractivity contribution in [1.29, 1.82) is 10.8 Å². The highest BCUT2D eigenvalue weighted by Gasteiger charge is 2.17. The van der Waals surface area contributed by atoms with Gasteiger partial charge in [0.2, 0.25) is 17.9 Å². The molecule has 0 aliphatic carbocycles. The van der Waals surface area contributed by atoms with Crippen LogP contribution >= 0.6 is 0 Å². The van der Waals surface area contributed by atoms with Crippen molar-refractivity contribution < 1.29 is 24.9 Å². The first-order chi connectivity index (χ1) is 9.33. The van der Waals surface area contributed by atoms with Crippen LogP contribution in [0.4, 0.5) is 0 Å². The summed E-state index contributed by atoms with van der Waals surface area (Å²) in [6, 6.07) is 0. The first kappa shape index (κ1) is 19.7. The lowest BCUT2D eigenvalue weighted by molar-refractivity contribution is 0.363. The number of benzene rings is 1. The van der Waals surface area contributed by atoms with Crippen LogP contribution in [0.1, 0.15) is 30.0 Å². The van der Waals surface area contributed by atoms with E-state index in [0.717, 1.165) is 30.6 Å². The zero-order valence-electron chi connectivity index (χ0n) is 11.6. The Morgan fingerprint density at radius 1 is 0.900 bits per heavy atom. The number of carbonyl (C=O) groups excluding carboxylic acids is 2. The molecule has 0 fully saturated rings.